The van der Waals surface area contributed by atoms with E-state index in [0.717, 1.165) is 0 Å². The van der Waals surface area contributed by atoms with Crippen molar-refractivity contribution in [1.82, 2.24) is 4.98 Å². The normalized spacial score (nSPS) is 13.0. The number of aryl methyl sites for hydroxylation is 1. The van der Waals surface area contributed by atoms with Crippen LogP contribution in [0.5, 0.6) is 0 Å². The summed E-state index contributed by atoms with van der Waals surface area (Å²) >= 11 is -2.20. The zero-order chi connectivity index (χ0) is 7.56. The first-order chi connectivity index (χ1) is 4.72. The Labute approximate surface area is 61.4 Å². The highest BCUT2D eigenvalue weighted by Crippen LogP contribution is 2.05. The van der Waals surface area contributed by atoms with Crippen molar-refractivity contribution in [2.45, 2.75) is 11.9 Å². The molecule has 4 heteroatoms. The highest BCUT2D eigenvalue weighted by Gasteiger charge is 1.95. The molecule has 0 saturated carbocycles. The maximum atomic E-state index is 10.4. The molecule has 10 heavy (non-hydrogen) atoms. The van der Waals surface area contributed by atoms with Crippen molar-refractivity contribution in [3.05, 3.63) is 23.9 Å². The quantitative estimate of drug-likeness (QED) is 0.560. The Morgan fingerprint density at radius 3 is 2.80 bits per heavy atom. The second-order valence-electron chi connectivity index (χ2n) is 1.86. The highest BCUT2D eigenvalue weighted by atomic mass is 32.2. The molecule has 0 aliphatic carbocycles. The largest absolute Gasteiger partial charge is 0.767 e. The fraction of sp³-hybridized carbons (Fsp3) is 0.167. The van der Waals surface area contributed by atoms with Gasteiger partial charge >= 0.3 is 0 Å². The Kier molecular flexibility index (Phi) is 2.13. The molecule has 1 aromatic rings. The summed E-state index contributed by atoms with van der Waals surface area (Å²) in [4.78, 5) is 3.67. The van der Waals surface area contributed by atoms with E-state index < -0.39 is 11.1 Å². The molecule has 1 rings (SSSR count). The monoisotopic (exact) mass is 156 g/mol. The van der Waals surface area contributed by atoms with Crippen LogP contribution in [0.3, 0.4) is 0 Å². The number of hydrogen-bond acceptors (Lipinski definition) is 3. The zero-order valence-corrected chi connectivity index (χ0v) is 6.22. The summed E-state index contributed by atoms with van der Waals surface area (Å²) in [6.45, 7) is 1.71. The van der Waals surface area contributed by atoms with Crippen LogP contribution in [0.25, 0.3) is 0 Å². The molecule has 0 aliphatic heterocycles. The van der Waals surface area contributed by atoms with E-state index in [9.17, 15) is 8.76 Å². The van der Waals surface area contributed by atoms with E-state index >= 15 is 0 Å². The molecular formula is C6H6NO2S-. The van der Waals surface area contributed by atoms with Crippen LogP contribution in [-0.4, -0.2) is 13.7 Å². The topological polar surface area (TPSA) is 53.0 Å². The first-order valence-electron chi connectivity index (χ1n) is 2.72. The molecule has 54 valence electrons. The minimum absolute atomic E-state index is 0.127. The molecule has 0 saturated heterocycles. The number of nitrogens with zero attached hydrogens (tertiary/aromatic N) is 1. The average Bonchev–Trinajstić information content (AvgIpc) is 1.88. The van der Waals surface area contributed by atoms with Crippen LogP contribution in [-0.2, 0) is 11.1 Å². The zero-order valence-electron chi connectivity index (χ0n) is 5.40. The molecule has 1 aromatic heterocycles. The molecule has 3 nitrogen and oxygen atoms in total. The summed E-state index contributed by atoms with van der Waals surface area (Å²) in [6, 6.07) is 3.41. The van der Waals surface area contributed by atoms with Crippen LogP contribution in [0, 0.1) is 6.92 Å². The molecule has 1 unspecified atom stereocenters. The van der Waals surface area contributed by atoms with E-state index in [1.165, 1.54) is 6.20 Å². The molecule has 0 spiro atoms. The van der Waals surface area contributed by atoms with Crippen molar-refractivity contribution in [3.8, 4) is 0 Å². The number of hydrogen-bond donors (Lipinski definition) is 0. The summed E-state index contributed by atoms with van der Waals surface area (Å²) < 4.78 is 20.7. The van der Waals surface area contributed by atoms with Crippen LogP contribution in [0.2, 0.25) is 0 Å². The van der Waals surface area contributed by atoms with Crippen molar-refractivity contribution in [2.75, 3.05) is 0 Å². The lowest BCUT2D eigenvalue weighted by Crippen LogP contribution is -1.95. The lowest BCUT2D eigenvalue weighted by molar-refractivity contribution is 0.532. The average molecular weight is 156 g/mol. The predicted molar refractivity (Wildman–Crippen MR) is 36.2 cm³/mol. The fourth-order valence-corrected chi connectivity index (χ4v) is 1.12. The lowest BCUT2D eigenvalue weighted by Gasteiger charge is -2.05. The van der Waals surface area contributed by atoms with E-state index in [1.54, 1.807) is 19.1 Å². The molecular weight excluding hydrogens is 150 g/mol. The molecule has 1 heterocycles. The van der Waals surface area contributed by atoms with Gasteiger partial charge in [-0.05, 0) is 29.6 Å². The number of aromatic nitrogens is 1. The van der Waals surface area contributed by atoms with Gasteiger partial charge in [0.25, 0.3) is 0 Å². The van der Waals surface area contributed by atoms with Crippen LogP contribution in [0.4, 0.5) is 0 Å². The summed E-state index contributed by atoms with van der Waals surface area (Å²) in [5.74, 6) is 0. The standard InChI is InChI=1S/C6H7NO2S/c1-5-3-2-4-7-6(5)10(8)9/h2-4H,1H3,(H,8,9)/p-1. The van der Waals surface area contributed by atoms with Gasteiger partial charge in [-0.2, -0.15) is 0 Å². The van der Waals surface area contributed by atoms with Gasteiger partial charge in [-0.3, -0.25) is 4.21 Å². The van der Waals surface area contributed by atoms with E-state index in [1.807, 2.05) is 0 Å². The van der Waals surface area contributed by atoms with Gasteiger partial charge in [0.2, 0.25) is 0 Å². The Balaban J connectivity index is 3.15. The third-order valence-corrected chi connectivity index (χ3v) is 1.86. The smallest absolute Gasteiger partial charge is 0.116 e. The van der Waals surface area contributed by atoms with Crippen molar-refractivity contribution in [1.29, 1.82) is 0 Å². The second-order valence-corrected chi connectivity index (χ2v) is 2.72. The van der Waals surface area contributed by atoms with Crippen molar-refractivity contribution < 1.29 is 8.76 Å². The van der Waals surface area contributed by atoms with Crippen LogP contribution in [0.1, 0.15) is 5.56 Å². The van der Waals surface area contributed by atoms with Crippen LogP contribution >= 0.6 is 0 Å². The third-order valence-electron chi connectivity index (χ3n) is 1.12. The molecule has 0 bridgehead atoms. The van der Waals surface area contributed by atoms with Gasteiger partial charge < -0.3 is 4.55 Å². The summed E-state index contributed by atoms with van der Waals surface area (Å²) in [7, 11) is 0. The number of pyridine rings is 1. The summed E-state index contributed by atoms with van der Waals surface area (Å²) in [5, 5.41) is 0.127. The second kappa shape index (κ2) is 2.90. The molecule has 0 aromatic carbocycles. The van der Waals surface area contributed by atoms with Gasteiger partial charge in [-0.1, -0.05) is 6.07 Å². The third kappa shape index (κ3) is 1.40. The van der Waals surface area contributed by atoms with Gasteiger partial charge in [0.15, 0.2) is 0 Å². The predicted octanol–water partition coefficient (Wildman–Crippen LogP) is 0.628. The Morgan fingerprint density at radius 2 is 2.40 bits per heavy atom. The fourth-order valence-electron chi connectivity index (χ4n) is 0.646. The van der Waals surface area contributed by atoms with E-state index in [0.29, 0.717) is 5.56 Å². The molecule has 1 atom stereocenters. The molecule has 0 amide bonds. The summed E-state index contributed by atoms with van der Waals surface area (Å²) in [6.07, 6.45) is 1.46. The minimum atomic E-state index is -2.20. The van der Waals surface area contributed by atoms with Crippen molar-refractivity contribution in [3.63, 3.8) is 0 Å². The Bertz CT molecular complexity index is 262. The minimum Gasteiger partial charge on any atom is -0.767 e. The van der Waals surface area contributed by atoms with E-state index in [2.05, 4.69) is 4.98 Å². The maximum Gasteiger partial charge on any atom is 0.116 e. The van der Waals surface area contributed by atoms with Gasteiger partial charge in [-0.15, -0.1) is 0 Å². The van der Waals surface area contributed by atoms with Gasteiger partial charge in [-0.25, -0.2) is 4.98 Å². The molecule has 0 fully saturated rings. The van der Waals surface area contributed by atoms with Crippen LogP contribution < -0.4 is 0 Å². The number of rotatable bonds is 1. The first kappa shape index (κ1) is 7.37. The van der Waals surface area contributed by atoms with Gasteiger partial charge in [0.05, 0.1) is 0 Å². The highest BCUT2D eigenvalue weighted by molar-refractivity contribution is 7.79. The summed E-state index contributed by atoms with van der Waals surface area (Å²) in [5.41, 5.74) is 0.677. The Morgan fingerprint density at radius 1 is 1.70 bits per heavy atom. The molecule has 0 N–H and O–H groups in total. The SMILES string of the molecule is Cc1cccnc1S(=O)[O-]. The Hall–Kier alpha value is -0.740. The van der Waals surface area contributed by atoms with Crippen LogP contribution in [0.15, 0.2) is 23.4 Å². The first-order valence-corrected chi connectivity index (χ1v) is 3.80. The van der Waals surface area contributed by atoms with E-state index in [-0.39, 0.29) is 5.03 Å². The lowest BCUT2D eigenvalue weighted by atomic mass is 10.3. The van der Waals surface area contributed by atoms with Gasteiger partial charge in [0, 0.05) is 6.20 Å². The van der Waals surface area contributed by atoms with Crippen molar-refractivity contribution >= 4 is 11.1 Å². The maximum absolute atomic E-state index is 10.4. The molecule has 0 aliphatic rings. The van der Waals surface area contributed by atoms with Gasteiger partial charge in [0.1, 0.15) is 5.03 Å². The van der Waals surface area contributed by atoms with E-state index in [4.69, 9.17) is 0 Å². The molecule has 0 radical (unpaired) electrons. The van der Waals surface area contributed by atoms with Crippen molar-refractivity contribution in [2.24, 2.45) is 0 Å².